The molecule has 2 aromatic rings. The average Bonchev–Trinajstić information content (AvgIpc) is 2.65. The zero-order valence-corrected chi connectivity index (χ0v) is 15.0. The number of carbonyl (C=O) groups is 2. The molecule has 0 aliphatic heterocycles. The summed E-state index contributed by atoms with van der Waals surface area (Å²) >= 11 is 0. The Balaban J connectivity index is 1.86. The molecule has 1 amide bonds. The van der Waals surface area contributed by atoms with Crippen LogP contribution in [0.2, 0.25) is 0 Å². The fraction of sp³-hybridized carbons (Fsp3) is 0.300. The van der Waals surface area contributed by atoms with Crippen molar-refractivity contribution in [3.63, 3.8) is 0 Å². The summed E-state index contributed by atoms with van der Waals surface area (Å²) in [6, 6.07) is 11.1. The van der Waals surface area contributed by atoms with Gasteiger partial charge in [-0.1, -0.05) is 31.2 Å². The molecule has 0 unspecified atom stereocenters. The molecule has 0 radical (unpaired) electrons. The molecule has 1 N–H and O–H groups in total. The molecule has 0 aliphatic rings. The molecule has 0 fully saturated rings. The van der Waals surface area contributed by atoms with Gasteiger partial charge in [0.25, 0.3) is 5.91 Å². The van der Waals surface area contributed by atoms with E-state index in [0.717, 1.165) is 36.2 Å². The fourth-order valence-corrected chi connectivity index (χ4v) is 2.42. The lowest BCUT2D eigenvalue weighted by molar-refractivity contribution is -0.137. The van der Waals surface area contributed by atoms with Crippen LogP contribution in [0.5, 0.6) is 0 Å². The molecule has 7 heteroatoms. The lowest BCUT2D eigenvalue weighted by Gasteiger charge is -2.15. The van der Waals surface area contributed by atoms with Crippen molar-refractivity contribution in [1.82, 2.24) is 5.32 Å². The van der Waals surface area contributed by atoms with Gasteiger partial charge in [-0.3, -0.25) is 4.79 Å². The minimum Gasteiger partial charge on any atom is -0.452 e. The third-order valence-electron chi connectivity index (χ3n) is 4.05. The van der Waals surface area contributed by atoms with E-state index >= 15 is 0 Å². The second kappa shape index (κ2) is 8.70. The van der Waals surface area contributed by atoms with Gasteiger partial charge >= 0.3 is 12.1 Å². The number of aryl methyl sites for hydroxylation is 1. The molecule has 27 heavy (non-hydrogen) atoms. The van der Waals surface area contributed by atoms with Crippen LogP contribution in [0.4, 0.5) is 13.2 Å². The van der Waals surface area contributed by atoms with Gasteiger partial charge in [-0.05, 0) is 48.7 Å². The van der Waals surface area contributed by atoms with Crippen molar-refractivity contribution in [3.05, 3.63) is 70.8 Å². The van der Waals surface area contributed by atoms with Crippen LogP contribution >= 0.6 is 0 Å². The van der Waals surface area contributed by atoms with Crippen LogP contribution < -0.4 is 5.32 Å². The highest BCUT2D eigenvalue weighted by atomic mass is 19.4. The van der Waals surface area contributed by atoms with Gasteiger partial charge in [-0.2, -0.15) is 13.2 Å². The van der Waals surface area contributed by atoms with Crippen molar-refractivity contribution < 1.29 is 27.5 Å². The molecular weight excluding hydrogens is 359 g/mol. The summed E-state index contributed by atoms with van der Waals surface area (Å²) < 4.78 is 42.4. The van der Waals surface area contributed by atoms with Gasteiger partial charge in [-0.25, -0.2) is 4.79 Å². The molecule has 144 valence electrons. The maximum atomic E-state index is 12.5. The second-order valence-electron chi connectivity index (χ2n) is 6.04. The van der Waals surface area contributed by atoms with Crippen LogP contribution in [0, 0.1) is 0 Å². The van der Waals surface area contributed by atoms with E-state index in [1.165, 1.54) is 5.56 Å². The second-order valence-corrected chi connectivity index (χ2v) is 6.04. The molecule has 0 bridgehead atoms. The highest BCUT2D eigenvalue weighted by Crippen LogP contribution is 2.29. The van der Waals surface area contributed by atoms with Crippen molar-refractivity contribution in [2.24, 2.45) is 0 Å². The van der Waals surface area contributed by atoms with Crippen molar-refractivity contribution in [1.29, 1.82) is 0 Å². The molecule has 0 heterocycles. The monoisotopic (exact) mass is 379 g/mol. The first kappa shape index (κ1) is 20.5. The van der Waals surface area contributed by atoms with E-state index in [9.17, 15) is 22.8 Å². The number of hydrogen-bond acceptors (Lipinski definition) is 3. The number of amides is 1. The Labute approximate surface area is 155 Å². The predicted molar refractivity (Wildman–Crippen MR) is 94.1 cm³/mol. The first-order valence-corrected chi connectivity index (χ1v) is 8.43. The van der Waals surface area contributed by atoms with E-state index in [1.54, 1.807) is 6.92 Å². The first-order valence-electron chi connectivity index (χ1n) is 8.43. The summed E-state index contributed by atoms with van der Waals surface area (Å²) in [7, 11) is 0. The Hall–Kier alpha value is -2.83. The number of alkyl halides is 3. The molecule has 2 aromatic carbocycles. The number of benzene rings is 2. The molecule has 2 rings (SSSR count). The van der Waals surface area contributed by atoms with Crippen LogP contribution in [0.25, 0.3) is 0 Å². The zero-order valence-electron chi connectivity index (χ0n) is 15.0. The van der Waals surface area contributed by atoms with Gasteiger partial charge in [0.05, 0.1) is 17.2 Å². The summed E-state index contributed by atoms with van der Waals surface area (Å²) in [6.45, 7) is 3.33. The van der Waals surface area contributed by atoms with Gasteiger partial charge < -0.3 is 10.1 Å². The first-order chi connectivity index (χ1) is 12.7. The van der Waals surface area contributed by atoms with Crippen LogP contribution in [0.1, 0.15) is 46.9 Å². The van der Waals surface area contributed by atoms with Gasteiger partial charge in [0.2, 0.25) is 0 Å². The SMILES string of the molecule is CCc1ccc([C@@H](C)NC(=O)COC(=O)c2ccc(C(F)(F)F)cc2)cc1. The van der Waals surface area contributed by atoms with E-state index in [4.69, 9.17) is 4.74 Å². The largest absolute Gasteiger partial charge is 0.452 e. The van der Waals surface area contributed by atoms with Crippen molar-refractivity contribution >= 4 is 11.9 Å². The van der Waals surface area contributed by atoms with Gasteiger partial charge in [0.1, 0.15) is 0 Å². The van der Waals surface area contributed by atoms with E-state index in [1.807, 2.05) is 31.2 Å². The third kappa shape index (κ3) is 5.84. The summed E-state index contributed by atoms with van der Waals surface area (Å²) in [5.41, 5.74) is 1.18. The lowest BCUT2D eigenvalue weighted by Crippen LogP contribution is -2.31. The maximum Gasteiger partial charge on any atom is 0.416 e. The number of rotatable bonds is 6. The smallest absolute Gasteiger partial charge is 0.416 e. The summed E-state index contributed by atoms with van der Waals surface area (Å²) in [6.07, 6.45) is -3.56. The van der Waals surface area contributed by atoms with Gasteiger partial charge in [0, 0.05) is 0 Å². The number of esters is 1. The van der Waals surface area contributed by atoms with Gasteiger partial charge in [0.15, 0.2) is 6.61 Å². The molecule has 0 saturated heterocycles. The summed E-state index contributed by atoms with van der Waals surface area (Å²) in [5.74, 6) is -1.36. The molecular formula is C20H20F3NO3. The fourth-order valence-electron chi connectivity index (χ4n) is 2.42. The average molecular weight is 379 g/mol. The minimum atomic E-state index is -4.48. The quantitative estimate of drug-likeness (QED) is 0.762. The summed E-state index contributed by atoms with van der Waals surface area (Å²) in [4.78, 5) is 23.8. The van der Waals surface area contributed by atoms with Crippen LogP contribution in [0.15, 0.2) is 48.5 Å². The van der Waals surface area contributed by atoms with Crippen molar-refractivity contribution in [3.8, 4) is 0 Å². The number of hydrogen-bond donors (Lipinski definition) is 1. The lowest BCUT2D eigenvalue weighted by atomic mass is 10.1. The highest BCUT2D eigenvalue weighted by Gasteiger charge is 2.30. The van der Waals surface area contributed by atoms with E-state index < -0.39 is 30.2 Å². The van der Waals surface area contributed by atoms with Crippen molar-refractivity contribution in [2.45, 2.75) is 32.5 Å². The van der Waals surface area contributed by atoms with Crippen LogP contribution in [-0.2, 0) is 22.1 Å². The molecule has 0 saturated carbocycles. The Bertz CT molecular complexity index is 784. The number of ether oxygens (including phenoxy) is 1. The molecule has 4 nitrogen and oxygen atoms in total. The van der Waals surface area contributed by atoms with Crippen LogP contribution in [-0.4, -0.2) is 18.5 Å². The topological polar surface area (TPSA) is 55.4 Å². The number of nitrogens with one attached hydrogen (secondary N) is 1. The van der Waals surface area contributed by atoms with E-state index in [-0.39, 0.29) is 11.6 Å². The standard InChI is InChI=1S/C20H20F3NO3/c1-3-14-4-6-15(7-5-14)13(2)24-18(25)12-27-19(26)16-8-10-17(11-9-16)20(21,22)23/h4-11,13H,3,12H2,1-2H3,(H,24,25)/t13-/m1/s1. The van der Waals surface area contributed by atoms with Crippen LogP contribution in [0.3, 0.4) is 0 Å². The molecule has 0 aliphatic carbocycles. The molecule has 1 atom stereocenters. The maximum absolute atomic E-state index is 12.5. The molecule has 0 aromatic heterocycles. The van der Waals surface area contributed by atoms with Crippen molar-refractivity contribution in [2.75, 3.05) is 6.61 Å². The number of halogens is 3. The Morgan fingerprint density at radius 1 is 1.04 bits per heavy atom. The minimum absolute atomic E-state index is 0.0565. The third-order valence-corrected chi connectivity index (χ3v) is 4.05. The highest BCUT2D eigenvalue weighted by molar-refractivity contribution is 5.91. The Kier molecular flexibility index (Phi) is 6.60. The zero-order chi connectivity index (χ0) is 20.0. The summed E-state index contributed by atoms with van der Waals surface area (Å²) in [5, 5.41) is 2.70. The van der Waals surface area contributed by atoms with E-state index in [2.05, 4.69) is 5.32 Å². The van der Waals surface area contributed by atoms with Gasteiger partial charge in [-0.15, -0.1) is 0 Å². The number of carbonyl (C=O) groups excluding carboxylic acids is 2. The Morgan fingerprint density at radius 2 is 1.63 bits per heavy atom. The molecule has 0 spiro atoms. The Morgan fingerprint density at radius 3 is 2.15 bits per heavy atom. The normalized spacial score (nSPS) is 12.3. The predicted octanol–water partition coefficient (Wildman–Crippen LogP) is 4.30. The van der Waals surface area contributed by atoms with E-state index in [0.29, 0.717) is 0 Å².